The Balaban J connectivity index is 1.48. The topological polar surface area (TPSA) is 84.7 Å². The third kappa shape index (κ3) is 5.21. The van der Waals surface area contributed by atoms with Crippen LogP contribution in [0.15, 0.2) is 28.8 Å². The Kier molecular flexibility index (Phi) is 6.08. The molecular formula is C21H23F2N3O4. The Morgan fingerprint density at radius 2 is 1.90 bits per heavy atom. The fourth-order valence-corrected chi connectivity index (χ4v) is 3.45. The number of nitrogens with zero attached hydrogens (tertiary/aromatic N) is 2. The molecule has 4 rings (SSSR count). The Labute approximate surface area is 172 Å². The number of hydrogen-bond acceptors (Lipinski definition) is 5. The zero-order valence-corrected chi connectivity index (χ0v) is 16.4. The number of halogens is 2. The summed E-state index contributed by atoms with van der Waals surface area (Å²) in [5, 5.41) is 6.59. The van der Waals surface area contributed by atoms with E-state index in [9.17, 15) is 18.4 Å². The van der Waals surface area contributed by atoms with Crippen molar-refractivity contribution in [3.8, 4) is 0 Å². The second kappa shape index (κ2) is 8.91. The van der Waals surface area contributed by atoms with Crippen molar-refractivity contribution in [2.75, 3.05) is 19.7 Å². The van der Waals surface area contributed by atoms with Gasteiger partial charge in [0.1, 0.15) is 11.6 Å². The molecule has 0 spiro atoms. The molecule has 0 radical (unpaired) electrons. The fourth-order valence-electron chi connectivity index (χ4n) is 3.45. The van der Waals surface area contributed by atoms with Crippen LogP contribution in [-0.4, -0.2) is 47.7 Å². The first-order valence-electron chi connectivity index (χ1n) is 10.1. The Hall–Kier alpha value is -2.81. The van der Waals surface area contributed by atoms with Gasteiger partial charge in [0.25, 0.3) is 11.8 Å². The number of rotatable bonds is 8. The van der Waals surface area contributed by atoms with E-state index in [1.807, 2.05) is 0 Å². The van der Waals surface area contributed by atoms with Crippen LogP contribution in [0.2, 0.25) is 0 Å². The number of aromatic nitrogens is 1. The molecule has 1 saturated carbocycles. The molecule has 7 nitrogen and oxygen atoms in total. The zero-order chi connectivity index (χ0) is 21.1. The van der Waals surface area contributed by atoms with Crippen LogP contribution in [0, 0.1) is 17.6 Å². The quantitative estimate of drug-likeness (QED) is 0.711. The summed E-state index contributed by atoms with van der Waals surface area (Å²) < 4.78 is 38.1. The molecule has 2 heterocycles. The predicted molar refractivity (Wildman–Crippen MR) is 102 cm³/mol. The second-order valence-electron chi connectivity index (χ2n) is 7.81. The van der Waals surface area contributed by atoms with Crippen LogP contribution in [0.3, 0.4) is 0 Å². The lowest BCUT2D eigenvalue weighted by Gasteiger charge is -2.24. The van der Waals surface area contributed by atoms with Gasteiger partial charge in [-0.2, -0.15) is 0 Å². The van der Waals surface area contributed by atoms with Crippen LogP contribution < -0.4 is 5.32 Å². The highest BCUT2D eigenvalue weighted by Crippen LogP contribution is 2.27. The van der Waals surface area contributed by atoms with Gasteiger partial charge in [-0.3, -0.25) is 9.59 Å². The standard InChI is InChI=1S/C21H23F2N3O4/c22-15-6-14(7-16(23)8-15)21(28)26(11-17-2-1-5-29-17)12-18-9-19(25-30-18)20(27)24-10-13-3-4-13/h6-9,13,17H,1-5,10-12H2,(H,24,27). The maximum Gasteiger partial charge on any atom is 0.273 e. The highest BCUT2D eigenvalue weighted by molar-refractivity contribution is 5.94. The van der Waals surface area contributed by atoms with Crippen LogP contribution in [-0.2, 0) is 11.3 Å². The molecule has 160 valence electrons. The van der Waals surface area contributed by atoms with E-state index in [2.05, 4.69) is 10.5 Å². The summed E-state index contributed by atoms with van der Waals surface area (Å²) in [6, 6.07) is 4.17. The zero-order valence-electron chi connectivity index (χ0n) is 16.4. The van der Waals surface area contributed by atoms with E-state index in [-0.39, 0.29) is 36.4 Å². The van der Waals surface area contributed by atoms with Gasteiger partial charge in [0, 0.05) is 37.4 Å². The van der Waals surface area contributed by atoms with Crippen LogP contribution in [0.5, 0.6) is 0 Å². The summed E-state index contributed by atoms with van der Waals surface area (Å²) in [6.07, 6.45) is 3.73. The molecule has 1 aliphatic carbocycles. The average Bonchev–Trinajstić information content (AvgIpc) is 3.18. The molecule has 2 amide bonds. The van der Waals surface area contributed by atoms with Crippen molar-refractivity contribution >= 4 is 11.8 Å². The monoisotopic (exact) mass is 419 g/mol. The molecule has 1 saturated heterocycles. The largest absolute Gasteiger partial charge is 0.376 e. The Morgan fingerprint density at radius 1 is 1.13 bits per heavy atom. The number of carbonyl (C=O) groups is 2. The number of nitrogens with one attached hydrogen (secondary N) is 1. The van der Waals surface area contributed by atoms with Gasteiger partial charge in [-0.05, 0) is 43.7 Å². The lowest BCUT2D eigenvalue weighted by atomic mass is 10.1. The van der Waals surface area contributed by atoms with Gasteiger partial charge < -0.3 is 19.5 Å². The van der Waals surface area contributed by atoms with E-state index in [1.54, 1.807) is 0 Å². The Bertz CT molecular complexity index is 902. The first-order valence-corrected chi connectivity index (χ1v) is 10.1. The van der Waals surface area contributed by atoms with Crippen molar-refractivity contribution in [1.82, 2.24) is 15.4 Å². The summed E-state index contributed by atoms with van der Waals surface area (Å²) in [5.74, 6) is -1.71. The van der Waals surface area contributed by atoms with Crippen molar-refractivity contribution in [2.24, 2.45) is 5.92 Å². The smallest absolute Gasteiger partial charge is 0.273 e. The molecule has 1 aromatic carbocycles. The highest BCUT2D eigenvalue weighted by Gasteiger charge is 2.27. The van der Waals surface area contributed by atoms with Gasteiger partial charge >= 0.3 is 0 Å². The minimum absolute atomic E-state index is 0.000267. The number of hydrogen-bond donors (Lipinski definition) is 1. The minimum atomic E-state index is -0.829. The summed E-state index contributed by atoms with van der Waals surface area (Å²) >= 11 is 0. The SMILES string of the molecule is O=C(NCC1CC1)c1cc(CN(CC2CCCO2)C(=O)c2cc(F)cc(F)c2)on1. The molecule has 1 N–H and O–H groups in total. The van der Waals surface area contributed by atoms with E-state index in [0.29, 0.717) is 30.9 Å². The third-order valence-corrected chi connectivity index (χ3v) is 5.23. The first-order chi connectivity index (χ1) is 14.5. The van der Waals surface area contributed by atoms with Crippen molar-refractivity contribution in [3.05, 3.63) is 52.9 Å². The maximum absolute atomic E-state index is 13.6. The fraction of sp³-hybridized carbons (Fsp3) is 0.476. The molecule has 2 fully saturated rings. The first kappa shape index (κ1) is 20.5. The van der Waals surface area contributed by atoms with Gasteiger partial charge in [-0.25, -0.2) is 8.78 Å². The van der Waals surface area contributed by atoms with E-state index in [0.717, 1.165) is 37.8 Å². The van der Waals surface area contributed by atoms with Crippen LogP contribution in [0.1, 0.15) is 52.3 Å². The summed E-state index contributed by atoms with van der Waals surface area (Å²) in [4.78, 5) is 26.5. The van der Waals surface area contributed by atoms with Crippen LogP contribution in [0.25, 0.3) is 0 Å². The summed E-state index contributed by atoms with van der Waals surface area (Å²) in [6.45, 7) is 1.45. The van der Waals surface area contributed by atoms with Crippen molar-refractivity contribution < 1.29 is 27.6 Å². The Morgan fingerprint density at radius 3 is 2.57 bits per heavy atom. The van der Waals surface area contributed by atoms with Gasteiger partial charge in [0.15, 0.2) is 11.5 Å². The minimum Gasteiger partial charge on any atom is -0.376 e. The van der Waals surface area contributed by atoms with E-state index < -0.39 is 17.5 Å². The lowest BCUT2D eigenvalue weighted by molar-refractivity contribution is 0.0486. The molecule has 2 aliphatic rings. The van der Waals surface area contributed by atoms with Crippen molar-refractivity contribution in [1.29, 1.82) is 0 Å². The van der Waals surface area contributed by atoms with Crippen LogP contribution >= 0.6 is 0 Å². The normalized spacial score (nSPS) is 18.4. The molecule has 1 atom stereocenters. The second-order valence-corrected chi connectivity index (χ2v) is 7.81. The van der Waals surface area contributed by atoms with Gasteiger partial charge in [-0.1, -0.05) is 5.16 Å². The number of amides is 2. The molecule has 1 aromatic heterocycles. The molecule has 30 heavy (non-hydrogen) atoms. The summed E-state index contributed by atoms with van der Waals surface area (Å²) in [7, 11) is 0. The number of benzene rings is 1. The maximum atomic E-state index is 13.6. The molecule has 1 unspecified atom stereocenters. The van der Waals surface area contributed by atoms with Crippen LogP contribution in [0.4, 0.5) is 8.78 Å². The summed E-state index contributed by atoms with van der Waals surface area (Å²) in [5.41, 5.74) is 0.0272. The molecule has 2 aromatic rings. The molecule has 1 aliphatic heterocycles. The molecular weight excluding hydrogens is 396 g/mol. The van der Waals surface area contributed by atoms with E-state index >= 15 is 0 Å². The molecule has 0 bridgehead atoms. The van der Waals surface area contributed by atoms with Gasteiger partial charge in [-0.15, -0.1) is 0 Å². The highest BCUT2D eigenvalue weighted by atomic mass is 19.1. The number of carbonyl (C=O) groups excluding carboxylic acids is 2. The number of ether oxygens (including phenoxy) is 1. The van der Waals surface area contributed by atoms with E-state index in [4.69, 9.17) is 9.26 Å². The van der Waals surface area contributed by atoms with Crippen molar-refractivity contribution in [2.45, 2.75) is 38.3 Å². The third-order valence-electron chi connectivity index (χ3n) is 5.23. The van der Waals surface area contributed by atoms with Gasteiger partial charge in [0.05, 0.1) is 12.6 Å². The average molecular weight is 419 g/mol. The van der Waals surface area contributed by atoms with E-state index in [1.165, 1.54) is 11.0 Å². The lowest BCUT2D eigenvalue weighted by Crippen LogP contribution is -2.37. The van der Waals surface area contributed by atoms with Gasteiger partial charge in [0.2, 0.25) is 0 Å². The molecule has 9 heteroatoms. The predicted octanol–water partition coefficient (Wildman–Crippen LogP) is 2.91. The van der Waals surface area contributed by atoms with Crippen molar-refractivity contribution in [3.63, 3.8) is 0 Å².